The Bertz CT molecular complexity index is 1240. The monoisotopic (exact) mass is 641 g/mol. The first-order valence-electron chi connectivity index (χ1n) is 11.2. The molecule has 0 saturated carbocycles. The van der Waals surface area contributed by atoms with Crippen LogP contribution in [0.5, 0.6) is 0 Å². The Balaban J connectivity index is 0.000000317. The summed E-state index contributed by atoms with van der Waals surface area (Å²) in [5.41, 5.74) is -1.65. The number of aliphatic hydroxyl groups excluding tert-OH is 7. The highest BCUT2D eigenvalue weighted by Crippen LogP contribution is 2.57. The summed E-state index contributed by atoms with van der Waals surface area (Å²) in [5, 5.41) is 67.5. The minimum absolute atomic E-state index is 0.573. The Hall–Kier alpha value is -1.95. The molecule has 2 saturated heterocycles. The van der Waals surface area contributed by atoms with Crippen LogP contribution in [0.4, 0.5) is 0 Å². The molecule has 41 heavy (non-hydrogen) atoms. The average molecular weight is 641 g/mol. The first-order valence-corrected chi connectivity index (χ1v) is 14.2. The van der Waals surface area contributed by atoms with Gasteiger partial charge in [-0.05, 0) is 0 Å². The molecular weight excluding hydrogens is 612 g/mol. The van der Waals surface area contributed by atoms with Gasteiger partial charge in [-0.1, -0.05) is 0 Å². The van der Waals surface area contributed by atoms with Gasteiger partial charge in [-0.3, -0.25) is 23.7 Å². The zero-order valence-electron chi connectivity index (χ0n) is 20.5. The van der Waals surface area contributed by atoms with E-state index in [-0.39, 0.29) is 0 Å². The number of amides is 1. The quantitative estimate of drug-likeness (QED) is 0.111. The van der Waals surface area contributed by atoms with Gasteiger partial charge in [0.2, 0.25) is 5.91 Å². The standard InChI is InChI=1S/C9H14N2O12P2.C8H15NO7/c12-5-1-2-11(9(15)10-5)8-7(14)6(13)4(22-8)3-21-25(19,20)23-24(16,17)18;10-1-3-6(13)7(14)5(8(15)16-3)9-4(12)2-11/h1-2,4,6-8,13-14H,3H2,(H,19,20)(H,10,12,15)(H2,16,17,18);3,5-8,10-11,13-15H,1-2H2,(H,9,12)/t4-,6-,7-,8-;3-,5-,6-,7-,8?/m11/s1. The zero-order valence-corrected chi connectivity index (χ0v) is 22.2. The molecule has 0 radical (unpaired) electrons. The van der Waals surface area contributed by atoms with E-state index in [1.807, 2.05) is 4.98 Å². The Kier molecular flexibility index (Phi) is 12.5. The van der Waals surface area contributed by atoms with Gasteiger partial charge in [0.15, 0.2) is 12.5 Å². The molecule has 2 fully saturated rings. The van der Waals surface area contributed by atoms with Gasteiger partial charge in [-0.2, -0.15) is 4.31 Å². The molecule has 1 aromatic rings. The number of hydrogen-bond acceptors (Lipinski definition) is 16. The van der Waals surface area contributed by atoms with Crippen molar-refractivity contribution >= 4 is 21.6 Å². The number of hydrogen-bond donors (Lipinski definition) is 12. The number of rotatable bonds is 9. The lowest BCUT2D eigenvalue weighted by molar-refractivity contribution is -0.254. The number of H-pyrrole nitrogens is 1. The summed E-state index contributed by atoms with van der Waals surface area (Å²) in [7, 11) is -10.5. The van der Waals surface area contributed by atoms with E-state index in [0.717, 1.165) is 16.8 Å². The van der Waals surface area contributed by atoms with Crippen LogP contribution in [0.1, 0.15) is 6.23 Å². The van der Waals surface area contributed by atoms with E-state index in [1.54, 1.807) is 0 Å². The summed E-state index contributed by atoms with van der Waals surface area (Å²) in [6, 6.07) is -0.291. The van der Waals surface area contributed by atoms with Crippen LogP contribution < -0.4 is 16.6 Å². The molecule has 236 valence electrons. The van der Waals surface area contributed by atoms with Gasteiger partial charge in [0, 0.05) is 12.3 Å². The third kappa shape index (κ3) is 9.80. The van der Waals surface area contributed by atoms with Gasteiger partial charge in [0.1, 0.15) is 49.3 Å². The lowest BCUT2D eigenvalue weighted by Gasteiger charge is -2.40. The van der Waals surface area contributed by atoms with E-state index < -0.39 is 108 Å². The van der Waals surface area contributed by atoms with Crippen molar-refractivity contribution in [3.05, 3.63) is 33.1 Å². The number of nitrogens with one attached hydrogen (secondary N) is 2. The van der Waals surface area contributed by atoms with E-state index in [9.17, 15) is 49.0 Å². The van der Waals surface area contributed by atoms with Crippen molar-refractivity contribution < 1.29 is 82.7 Å². The highest BCUT2D eigenvalue weighted by Gasteiger charge is 2.46. The molecule has 3 rings (SSSR count). The smallest absolute Gasteiger partial charge is 0.394 e. The van der Waals surface area contributed by atoms with Crippen LogP contribution in [0, 0.1) is 0 Å². The normalized spacial score (nSPS) is 33.4. The summed E-state index contributed by atoms with van der Waals surface area (Å²) < 4.78 is 40.4. The van der Waals surface area contributed by atoms with Gasteiger partial charge in [-0.25, -0.2) is 13.9 Å². The topological polar surface area (TPSA) is 357 Å². The maximum Gasteiger partial charge on any atom is 0.481 e. The zero-order chi connectivity index (χ0) is 31.3. The molecule has 2 unspecified atom stereocenters. The molecule has 24 heteroatoms. The summed E-state index contributed by atoms with van der Waals surface area (Å²) >= 11 is 0. The second-order valence-corrected chi connectivity index (χ2v) is 11.2. The molecule has 2 aliphatic rings. The minimum Gasteiger partial charge on any atom is -0.394 e. The number of aromatic nitrogens is 2. The predicted octanol–water partition coefficient (Wildman–Crippen LogP) is -6.72. The fourth-order valence-corrected chi connectivity index (χ4v) is 5.13. The van der Waals surface area contributed by atoms with Crippen molar-refractivity contribution in [3.63, 3.8) is 0 Å². The van der Waals surface area contributed by atoms with Gasteiger partial charge in [0.05, 0.1) is 13.2 Å². The van der Waals surface area contributed by atoms with Crippen LogP contribution in [0.15, 0.2) is 21.9 Å². The molecule has 2 aliphatic heterocycles. The largest absolute Gasteiger partial charge is 0.481 e. The fraction of sp³-hybridized carbons (Fsp3) is 0.706. The number of phosphoric ester groups is 1. The maximum absolute atomic E-state index is 11.7. The highest BCUT2D eigenvalue weighted by atomic mass is 31.3. The number of phosphoric acid groups is 2. The van der Waals surface area contributed by atoms with Crippen LogP contribution in [0.2, 0.25) is 0 Å². The highest BCUT2D eigenvalue weighted by molar-refractivity contribution is 7.60. The number of nitrogens with zero attached hydrogens (tertiary/aromatic N) is 1. The molecular formula is C17H29N3O19P2. The van der Waals surface area contributed by atoms with Gasteiger partial charge in [-0.15, -0.1) is 0 Å². The fourth-order valence-electron chi connectivity index (χ4n) is 3.53. The lowest BCUT2D eigenvalue weighted by atomic mass is 9.97. The second-order valence-electron chi connectivity index (χ2n) is 8.38. The number of carbonyl (C=O) groups is 1. The van der Waals surface area contributed by atoms with Crippen molar-refractivity contribution in [1.82, 2.24) is 14.9 Å². The second kappa shape index (κ2) is 14.5. The van der Waals surface area contributed by atoms with Crippen molar-refractivity contribution in [2.45, 2.75) is 55.2 Å². The number of ether oxygens (including phenoxy) is 2. The average Bonchev–Trinajstić information content (AvgIpc) is 3.15. The molecule has 12 N–H and O–H groups in total. The molecule has 3 heterocycles. The molecule has 1 amide bonds. The number of aromatic amines is 1. The van der Waals surface area contributed by atoms with Crippen LogP contribution in [-0.2, 0) is 32.2 Å². The summed E-state index contributed by atoms with van der Waals surface area (Å²) in [6.07, 6.45) is -10.9. The van der Waals surface area contributed by atoms with Crippen LogP contribution in [0.3, 0.4) is 0 Å². The maximum atomic E-state index is 11.7. The minimum atomic E-state index is -5.32. The molecule has 10 atom stereocenters. The van der Waals surface area contributed by atoms with Crippen molar-refractivity contribution in [3.8, 4) is 0 Å². The van der Waals surface area contributed by atoms with Gasteiger partial charge >= 0.3 is 21.3 Å². The third-order valence-corrected chi connectivity index (χ3v) is 7.60. The SMILES string of the molecule is O=C(CO)N[C@H]1C(O)O[C@H](CO)[C@@H](O)[C@@H]1O.O=c1ccn([C@@H]2O[C@H](COP(=O)(O)OP(=O)(O)O)[C@@H](O)[C@H]2O)c(=O)[nH]1. The van der Waals surface area contributed by atoms with Crippen LogP contribution in [-0.4, -0.2) is 135 Å². The summed E-state index contributed by atoms with van der Waals surface area (Å²) in [6.45, 7) is -2.29. The van der Waals surface area contributed by atoms with Crippen molar-refractivity contribution in [2.24, 2.45) is 0 Å². The van der Waals surface area contributed by atoms with E-state index >= 15 is 0 Å². The number of carbonyl (C=O) groups excluding carboxylic acids is 1. The van der Waals surface area contributed by atoms with Gasteiger partial charge in [0.25, 0.3) is 5.56 Å². The number of aliphatic hydroxyl groups is 7. The summed E-state index contributed by atoms with van der Waals surface area (Å²) in [5.74, 6) is -0.818. The predicted molar refractivity (Wildman–Crippen MR) is 125 cm³/mol. The first kappa shape index (κ1) is 35.2. The van der Waals surface area contributed by atoms with E-state index in [2.05, 4.69) is 14.2 Å². The molecule has 0 bridgehead atoms. The Morgan fingerprint density at radius 2 is 1.59 bits per heavy atom. The van der Waals surface area contributed by atoms with Crippen LogP contribution >= 0.6 is 15.6 Å². The molecule has 0 spiro atoms. The van der Waals surface area contributed by atoms with E-state index in [0.29, 0.717) is 0 Å². The van der Waals surface area contributed by atoms with E-state index in [4.69, 9.17) is 34.4 Å². The van der Waals surface area contributed by atoms with Crippen molar-refractivity contribution in [1.29, 1.82) is 0 Å². The Labute approximate surface area is 227 Å². The molecule has 0 aromatic carbocycles. The molecule has 22 nitrogen and oxygen atoms in total. The Morgan fingerprint density at radius 1 is 0.976 bits per heavy atom. The third-order valence-electron chi connectivity index (χ3n) is 5.45. The van der Waals surface area contributed by atoms with E-state index in [1.165, 1.54) is 0 Å². The Morgan fingerprint density at radius 3 is 2.12 bits per heavy atom. The van der Waals surface area contributed by atoms with Gasteiger partial charge < -0.3 is 65.2 Å². The first-order chi connectivity index (χ1) is 18.9. The summed E-state index contributed by atoms with van der Waals surface area (Å²) in [4.78, 5) is 61.5. The van der Waals surface area contributed by atoms with Crippen molar-refractivity contribution in [2.75, 3.05) is 19.8 Å². The molecule has 1 aromatic heterocycles. The lowest BCUT2D eigenvalue weighted by Crippen LogP contribution is -2.64. The molecule has 0 aliphatic carbocycles. The van der Waals surface area contributed by atoms with Crippen LogP contribution in [0.25, 0.3) is 0 Å².